The third kappa shape index (κ3) is 4.86. The molecule has 0 saturated carbocycles. The van der Waals surface area contributed by atoms with Crippen LogP contribution in [0.25, 0.3) is 11.4 Å². The highest BCUT2D eigenvalue weighted by atomic mass is 16.5. The van der Waals surface area contributed by atoms with Crippen LogP contribution < -0.4 is 15.4 Å². The van der Waals surface area contributed by atoms with Crippen LogP contribution in [0.4, 0.5) is 5.82 Å². The summed E-state index contributed by atoms with van der Waals surface area (Å²) in [6.45, 7) is 0.316. The average molecular weight is 470 g/mol. The van der Waals surface area contributed by atoms with Crippen LogP contribution in [0.5, 0.6) is 5.75 Å². The van der Waals surface area contributed by atoms with Crippen molar-refractivity contribution >= 4 is 17.6 Å². The van der Waals surface area contributed by atoms with Crippen LogP contribution in [-0.2, 0) is 17.8 Å². The van der Waals surface area contributed by atoms with Gasteiger partial charge < -0.3 is 15.4 Å². The molecule has 2 amide bonds. The van der Waals surface area contributed by atoms with Crippen molar-refractivity contribution < 1.29 is 14.3 Å². The molecule has 0 unspecified atom stereocenters. The van der Waals surface area contributed by atoms with E-state index < -0.39 is 0 Å². The summed E-state index contributed by atoms with van der Waals surface area (Å²) in [6.07, 6.45) is 4.22. The van der Waals surface area contributed by atoms with Crippen molar-refractivity contribution in [3.63, 3.8) is 0 Å². The molecule has 0 bridgehead atoms. The number of anilines is 1. The topological polar surface area (TPSA) is 135 Å². The molecule has 2 aromatic carbocycles. The van der Waals surface area contributed by atoms with Gasteiger partial charge in [-0.3, -0.25) is 14.7 Å². The first kappa shape index (κ1) is 22.2. The van der Waals surface area contributed by atoms with E-state index in [2.05, 4.69) is 35.8 Å². The summed E-state index contributed by atoms with van der Waals surface area (Å²) >= 11 is 0. The van der Waals surface area contributed by atoms with E-state index in [0.29, 0.717) is 24.5 Å². The Morgan fingerprint density at radius 2 is 2.00 bits per heavy atom. The molecule has 1 aliphatic rings. The van der Waals surface area contributed by atoms with E-state index in [1.54, 1.807) is 7.11 Å². The Balaban J connectivity index is 1.23. The number of aromatic amines is 1. The second kappa shape index (κ2) is 9.72. The second-order valence-electron chi connectivity index (χ2n) is 8.15. The lowest BCUT2D eigenvalue weighted by molar-refractivity contribution is -0.117. The predicted molar refractivity (Wildman–Crippen MR) is 128 cm³/mol. The van der Waals surface area contributed by atoms with Crippen LogP contribution in [0.3, 0.4) is 0 Å². The average Bonchev–Trinajstić information content (AvgIpc) is 3.57. The highest BCUT2D eigenvalue weighted by Gasteiger charge is 2.29. The summed E-state index contributed by atoms with van der Waals surface area (Å²) in [4.78, 5) is 38.0. The minimum absolute atomic E-state index is 0.168. The number of methoxy groups -OCH3 is 1. The monoisotopic (exact) mass is 469 g/mol. The number of aromatic nitrogens is 5. The van der Waals surface area contributed by atoms with E-state index in [1.807, 2.05) is 42.5 Å². The molecule has 1 aliphatic carbocycles. The van der Waals surface area contributed by atoms with Crippen molar-refractivity contribution in [2.24, 2.45) is 0 Å². The molecule has 3 N–H and O–H groups in total. The van der Waals surface area contributed by atoms with Gasteiger partial charge in [-0.25, -0.2) is 15.0 Å². The smallest absolute Gasteiger partial charge is 0.270 e. The summed E-state index contributed by atoms with van der Waals surface area (Å²) in [5.41, 5.74) is 4.09. The van der Waals surface area contributed by atoms with Gasteiger partial charge in [0.05, 0.1) is 13.0 Å². The summed E-state index contributed by atoms with van der Waals surface area (Å²) in [7, 11) is 1.59. The molecule has 176 valence electrons. The number of H-pyrrole nitrogens is 1. The molecule has 1 atom stereocenters. The van der Waals surface area contributed by atoms with E-state index in [9.17, 15) is 9.59 Å². The van der Waals surface area contributed by atoms with Gasteiger partial charge in [0.25, 0.3) is 5.91 Å². The minimum Gasteiger partial charge on any atom is -0.497 e. The van der Waals surface area contributed by atoms with Gasteiger partial charge in [-0.15, -0.1) is 0 Å². The molecule has 5 rings (SSSR count). The standard InChI is InChI=1S/C25H23N7O3/c1-35-18-4-2-3-15(9-18)12-26-25(34)21-11-22(28-13-27-21)31-24(33)20-8-5-16-10-17(6-7-19(16)20)23-29-14-30-32-23/h2-4,6-7,9-11,13-14,20H,5,8,12H2,1H3,(H,26,34)(H,29,30,32)(H,27,28,31,33)/t20-/m0/s1. The summed E-state index contributed by atoms with van der Waals surface area (Å²) in [5, 5.41) is 12.4. The zero-order valence-corrected chi connectivity index (χ0v) is 19.0. The first-order valence-corrected chi connectivity index (χ1v) is 11.1. The lowest BCUT2D eigenvalue weighted by Gasteiger charge is -2.13. The zero-order valence-electron chi connectivity index (χ0n) is 19.0. The molecule has 35 heavy (non-hydrogen) atoms. The Bertz CT molecular complexity index is 1370. The maximum Gasteiger partial charge on any atom is 0.270 e. The Kier molecular flexibility index (Phi) is 6.16. The number of hydrogen-bond acceptors (Lipinski definition) is 7. The van der Waals surface area contributed by atoms with Gasteiger partial charge >= 0.3 is 0 Å². The van der Waals surface area contributed by atoms with Crippen molar-refractivity contribution in [2.75, 3.05) is 12.4 Å². The zero-order chi connectivity index (χ0) is 24.2. The Hall–Kier alpha value is -4.60. The van der Waals surface area contributed by atoms with E-state index in [1.165, 1.54) is 18.7 Å². The molecule has 0 saturated heterocycles. The van der Waals surface area contributed by atoms with Crippen molar-refractivity contribution in [3.05, 3.63) is 83.6 Å². The molecule has 4 aromatic rings. The lowest BCUT2D eigenvalue weighted by Crippen LogP contribution is -2.25. The number of fused-ring (bicyclic) bond motifs is 1. The van der Waals surface area contributed by atoms with Crippen LogP contribution in [0.15, 0.2) is 61.2 Å². The number of rotatable bonds is 7. The molecular weight excluding hydrogens is 446 g/mol. The van der Waals surface area contributed by atoms with Gasteiger partial charge in [0, 0.05) is 18.2 Å². The number of nitrogens with one attached hydrogen (secondary N) is 3. The van der Waals surface area contributed by atoms with Crippen molar-refractivity contribution in [3.8, 4) is 17.1 Å². The third-order valence-electron chi connectivity index (χ3n) is 5.96. The number of aryl methyl sites for hydroxylation is 1. The second-order valence-corrected chi connectivity index (χ2v) is 8.15. The summed E-state index contributed by atoms with van der Waals surface area (Å²) in [6, 6.07) is 14.8. The SMILES string of the molecule is COc1cccc(CNC(=O)c2cc(NC(=O)[C@H]3CCc4cc(-c5ncn[nH]5)ccc43)ncn2)c1. The fourth-order valence-electron chi connectivity index (χ4n) is 4.20. The quantitative estimate of drug-likeness (QED) is 0.379. The van der Waals surface area contributed by atoms with E-state index in [-0.39, 0.29) is 29.2 Å². The maximum atomic E-state index is 13.0. The maximum absolute atomic E-state index is 13.0. The lowest BCUT2D eigenvalue weighted by atomic mass is 9.99. The molecule has 0 spiro atoms. The van der Waals surface area contributed by atoms with E-state index >= 15 is 0 Å². The fourth-order valence-corrected chi connectivity index (χ4v) is 4.20. The minimum atomic E-state index is -0.364. The number of hydrogen-bond donors (Lipinski definition) is 3. The molecular formula is C25H23N7O3. The molecule has 0 radical (unpaired) electrons. The Morgan fingerprint density at radius 1 is 1.09 bits per heavy atom. The molecule has 10 heteroatoms. The van der Waals surface area contributed by atoms with Crippen LogP contribution in [0, 0.1) is 0 Å². The van der Waals surface area contributed by atoms with Gasteiger partial charge in [0.2, 0.25) is 5.91 Å². The van der Waals surface area contributed by atoms with Gasteiger partial charge in [-0.2, -0.15) is 5.10 Å². The summed E-state index contributed by atoms with van der Waals surface area (Å²) < 4.78 is 5.21. The molecule has 10 nitrogen and oxygen atoms in total. The normalized spacial score (nSPS) is 14.3. The van der Waals surface area contributed by atoms with E-state index in [4.69, 9.17) is 4.74 Å². The van der Waals surface area contributed by atoms with Gasteiger partial charge in [-0.1, -0.05) is 24.3 Å². The number of carbonyl (C=O) groups excluding carboxylic acids is 2. The first-order chi connectivity index (χ1) is 17.1. The third-order valence-corrected chi connectivity index (χ3v) is 5.96. The number of benzene rings is 2. The molecule has 0 aliphatic heterocycles. The first-order valence-electron chi connectivity index (χ1n) is 11.1. The van der Waals surface area contributed by atoms with Gasteiger partial charge in [0.1, 0.15) is 29.9 Å². The van der Waals surface area contributed by atoms with Crippen LogP contribution in [0.1, 0.15) is 39.5 Å². The predicted octanol–water partition coefficient (Wildman–Crippen LogP) is 2.87. The molecule has 0 fully saturated rings. The van der Waals surface area contributed by atoms with Crippen LogP contribution in [0.2, 0.25) is 0 Å². The highest BCUT2D eigenvalue weighted by molar-refractivity contribution is 5.98. The van der Waals surface area contributed by atoms with Gasteiger partial charge in [0.15, 0.2) is 5.82 Å². The van der Waals surface area contributed by atoms with Crippen LogP contribution in [-0.4, -0.2) is 44.1 Å². The molecule has 2 heterocycles. The number of amides is 2. The van der Waals surface area contributed by atoms with E-state index in [0.717, 1.165) is 28.7 Å². The van der Waals surface area contributed by atoms with Gasteiger partial charge in [-0.05, 0) is 47.7 Å². The highest BCUT2D eigenvalue weighted by Crippen LogP contribution is 2.35. The van der Waals surface area contributed by atoms with Crippen molar-refractivity contribution in [1.82, 2.24) is 30.5 Å². The van der Waals surface area contributed by atoms with Crippen molar-refractivity contribution in [1.29, 1.82) is 0 Å². The van der Waals surface area contributed by atoms with Crippen molar-refractivity contribution in [2.45, 2.75) is 25.3 Å². The Morgan fingerprint density at radius 3 is 2.83 bits per heavy atom. The number of carbonyl (C=O) groups is 2. The Labute approximate surface area is 201 Å². The number of ether oxygens (including phenoxy) is 1. The molecule has 2 aromatic heterocycles. The number of nitrogens with zero attached hydrogens (tertiary/aromatic N) is 4. The largest absolute Gasteiger partial charge is 0.497 e. The fraction of sp³-hybridized carbons (Fsp3) is 0.200. The summed E-state index contributed by atoms with van der Waals surface area (Å²) in [5.74, 6) is 0.859. The van der Waals surface area contributed by atoms with Crippen LogP contribution >= 0.6 is 0 Å².